The number of hydrogen-bond donors (Lipinski definition) is 2. The summed E-state index contributed by atoms with van der Waals surface area (Å²) in [5.74, 6) is 0.485. The maximum absolute atomic E-state index is 13.4. The van der Waals surface area contributed by atoms with Gasteiger partial charge in [-0.25, -0.2) is 0 Å². The molecule has 1 aromatic heterocycles. The molecular formula is C25H25ClN4O3. The summed E-state index contributed by atoms with van der Waals surface area (Å²) < 4.78 is 5.82. The number of nitrogens with one attached hydrogen (secondary N) is 2. The van der Waals surface area contributed by atoms with E-state index in [4.69, 9.17) is 4.74 Å². The molecule has 33 heavy (non-hydrogen) atoms. The molecule has 0 radical (unpaired) electrons. The first-order chi connectivity index (χ1) is 15.4. The van der Waals surface area contributed by atoms with Crippen molar-refractivity contribution in [2.45, 2.75) is 19.3 Å². The number of ether oxygens (including phenoxy) is 1. The molecule has 2 aliphatic rings. The zero-order valence-electron chi connectivity index (χ0n) is 18.5. The number of carbonyl (C=O) groups excluding carboxylic acids is 2. The fourth-order valence-electron chi connectivity index (χ4n) is 4.72. The number of ketones is 1. The van der Waals surface area contributed by atoms with Crippen molar-refractivity contribution in [2.75, 3.05) is 32.8 Å². The van der Waals surface area contributed by atoms with Gasteiger partial charge in [0.15, 0.2) is 12.4 Å². The van der Waals surface area contributed by atoms with E-state index in [9.17, 15) is 14.9 Å². The third-order valence-electron chi connectivity index (χ3n) is 6.52. The molecule has 2 aromatic carbocycles. The molecule has 2 N–H and O–H groups in total. The van der Waals surface area contributed by atoms with Gasteiger partial charge in [-0.3, -0.25) is 9.59 Å². The predicted octanol–water partition coefficient (Wildman–Crippen LogP) is 3.14. The quantitative estimate of drug-likeness (QED) is 0.620. The number of rotatable bonds is 3. The molecular weight excluding hydrogens is 440 g/mol. The SMILES string of the molecule is CC1(C)c2cc(OCC(=O)N3CCNCC3)ccc2C(=O)c2c1[nH]c1cc(C#N)ccc21.Cl. The highest BCUT2D eigenvalue weighted by Gasteiger charge is 2.39. The van der Waals surface area contributed by atoms with Crippen molar-refractivity contribution in [1.82, 2.24) is 15.2 Å². The number of aromatic nitrogens is 1. The zero-order valence-corrected chi connectivity index (χ0v) is 19.3. The van der Waals surface area contributed by atoms with E-state index in [0.29, 0.717) is 35.5 Å². The Morgan fingerprint density at radius 3 is 2.67 bits per heavy atom. The summed E-state index contributed by atoms with van der Waals surface area (Å²) in [6.45, 7) is 7.06. The van der Waals surface area contributed by atoms with Crippen molar-refractivity contribution in [1.29, 1.82) is 5.26 Å². The Kier molecular flexibility index (Phi) is 5.91. The summed E-state index contributed by atoms with van der Waals surface area (Å²) in [5.41, 5.74) is 3.82. The molecule has 0 saturated carbocycles. The minimum Gasteiger partial charge on any atom is -0.484 e. The monoisotopic (exact) mass is 464 g/mol. The van der Waals surface area contributed by atoms with E-state index in [1.165, 1.54) is 0 Å². The van der Waals surface area contributed by atoms with Crippen molar-refractivity contribution in [3.05, 3.63) is 64.3 Å². The number of halogens is 1. The molecule has 1 fully saturated rings. The van der Waals surface area contributed by atoms with Crippen molar-refractivity contribution in [3.63, 3.8) is 0 Å². The number of piperazine rings is 1. The Hall–Kier alpha value is -3.34. The average Bonchev–Trinajstić information content (AvgIpc) is 3.21. The van der Waals surface area contributed by atoms with E-state index in [1.807, 2.05) is 12.1 Å². The molecule has 1 saturated heterocycles. The highest BCUT2D eigenvalue weighted by atomic mass is 35.5. The van der Waals surface area contributed by atoms with Crippen molar-refractivity contribution < 1.29 is 14.3 Å². The van der Waals surface area contributed by atoms with Gasteiger partial charge < -0.3 is 19.9 Å². The summed E-state index contributed by atoms with van der Waals surface area (Å²) in [5, 5.41) is 13.3. The maximum Gasteiger partial charge on any atom is 0.260 e. The molecule has 0 atom stereocenters. The van der Waals surface area contributed by atoms with Gasteiger partial charge >= 0.3 is 0 Å². The second kappa shape index (κ2) is 8.54. The summed E-state index contributed by atoms with van der Waals surface area (Å²) in [4.78, 5) is 31.0. The molecule has 8 heteroatoms. The molecule has 5 rings (SSSR count). The van der Waals surface area contributed by atoms with Crippen molar-refractivity contribution in [2.24, 2.45) is 0 Å². The lowest BCUT2D eigenvalue weighted by Crippen LogP contribution is -2.47. The topological polar surface area (TPSA) is 98.2 Å². The van der Waals surface area contributed by atoms with Crippen LogP contribution in [-0.2, 0) is 10.2 Å². The number of hydrogen-bond acceptors (Lipinski definition) is 5. The molecule has 2 heterocycles. The summed E-state index contributed by atoms with van der Waals surface area (Å²) in [6.07, 6.45) is 0. The molecule has 3 aromatic rings. The molecule has 1 aliphatic heterocycles. The van der Waals surface area contributed by atoms with Crippen molar-refractivity contribution >= 4 is 35.0 Å². The molecule has 7 nitrogen and oxygen atoms in total. The van der Waals surface area contributed by atoms with E-state index in [2.05, 4.69) is 30.2 Å². The zero-order chi connectivity index (χ0) is 22.5. The number of amides is 1. The number of fused-ring (bicyclic) bond motifs is 4. The van der Waals surface area contributed by atoms with Crippen LogP contribution in [0.4, 0.5) is 0 Å². The highest BCUT2D eigenvalue weighted by molar-refractivity contribution is 6.20. The number of nitriles is 1. The normalized spacial score (nSPS) is 16.4. The lowest BCUT2D eigenvalue weighted by Gasteiger charge is -2.32. The Morgan fingerprint density at radius 2 is 1.94 bits per heavy atom. The summed E-state index contributed by atoms with van der Waals surface area (Å²) >= 11 is 0. The van der Waals surface area contributed by atoms with Crippen molar-refractivity contribution in [3.8, 4) is 11.8 Å². The van der Waals surface area contributed by atoms with Crippen LogP contribution in [0, 0.1) is 11.3 Å². The van der Waals surface area contributed by atoms with Gasteiger partial charge in [0, 0.05) is 53.8 Å². The van der Waals surface area contributed by atoms with E-state index in [-0.39, 0.29) is 30.7 Å². The van der Waals surface area contributed by atoms with E-state index < -0.39 is 5.41 Å². The van der Waals surface area contributed by atoms with Crippen LogP contribution >= 0.6 is 12.4 Å². The fourth-order valence-corrected chi connectivity index (χ4v) is 4.72. The van der Waals surface area contributed by atoms with Gasteiger partial charge in [-0.15, -0.1) is 12.4 Å². The van der Waals surface area contributed by atoms with Gasteiger partial charge in [0.25, 0.3) is 5.91 Å². The molecule has 1 aliphatic carbocycles. The van der Waals surface area contributed by atoms with Gasteiger partial charge in [-0.1, -0.05) is 19.9 Å². The molecule has 0 unspecified atom stereocenters. The average molecular weight is 465 g/mol. The standard InChI is InChI=1S/C25H24N4O3.ClH/c1-25(2)19-12-16(32-14-21(30)29-9-7-27-8-10-29)4-6-17(19)23(31)22-18-5-3-15(13-26)11-20(18)28-24(22)25;/h3-6,11-12,27-28H,7-10,14H2,1-2H3;1H. The molecule has 170 valence electrons. The smallest absolute Gasteiger partial charge is 0.260 e. The van der Waals surface area contributed by atoms with E-state index in [1.54, 1.807) is 29.2 Å². The van der Waals surface area contributed by atoms with Crippen LogP contribution in [0.3, 0.4) is 0 Å². The Morgan fingerprint density at radius 1 is 1.18 bits per heavy atom. The minimum absolute atomic E-state index is 0. The Labute approximate surface area is 198 Å². The fraction of sp³-hybridized carbons (Fsp3) is 0.320. The number of aromatic amines is 1. The van der Waals surface area contributed by atoms with Crippen LogP contribution in [0.2, 0.25) is 0 Å². The minimum atomic E-state index is -0.480. The van der Waals surface area contributed by atoms with E-state index in [0.717, 1.165) is 35.2 Å². The Bertz CT molecular complexity index is 1300. The largest absolute Gasteiger partial charge is 0.484 e. The number of carbonyl (C=O) groups is 2. The first-order valence-corrected chi connectivity index (χ1v) is 10.8. The van der Waals surface area contributed by atoms with Crippen LogP contribution in [0.5, 0.6) is 5.75 Å². The lowest BCUT2D eigenvalue weighted by molar-refractivity contribution is -0.133. The van der Waals surface area contributed by atoms with Crippen LogP contribution in [0.25, 0.3) is 10.9 Å². The molecule has 0 bridgehead atoms. The third kappa shape index (κ3) is 3.75. The second-order valence-electron chi connectivity index (χ2n) is 8.83. The number of benzene rings is 2. The second-order valence-corrected chi connectivity index (χ2v) is 8.83. The predicted molar refractivity (Wildman–Crippen MR) is 127 cm³/mol. The Balaban J connectivity index is 0.00000259. The highest BCUT2D eigenvalue weighted by Crippen LogP contribution is 2.44. The van der Waals surface area contributed by atoms with Crippen LogP contribution in [0.15, 0.2) is 36.4 Å². The van der Waals surface area contributed by atoms with Gasteiger partial charge in [-0.2, -0.15) is 5.26 Å². The van der Waals surface area contributed by atoms with Gasteiger partial charge in [-0.05, 0) is 35.9 Å². The summed E-state index contributed by atoms with van der Waals surface area (Å²) in [6, 6.07) is 12.9. The lowest BCUT2D eigenvalue weighted by atomic mass is 9.71. The van der Waals surface area contributed by atoms with Crippen LogP contribution in [0.1, 0.15) is 46.6 Å². The maximum atomic E-state index is 13.4. The first-order valence-electron chi connectivity index (χ1n) is 10.8. The van der Waals surface area contributed by atoms with Crippen LogP contribution < -0.4 is 10.1 Å². The van der Waals surface area contributed by atoms with Gasteiger partial charge in [0.05, 0.1) is 17.2 Å². The van der Waals surface area contributed by atoms with E-state index >= 15 is 0 Å². The molecule has 0 spiro atoms. The first kappa shape index (κ1) is 22.8. The third-order valence-corrected chi connectivity index (χ3v) is 6.52. The number of nitrogens with zero attached hydrogens (tertiary/aromatic N) is 2. The van der Waals surface area contributed by atoms with Gasteiger partial charge in [0.1, 0.15) is 5.75 Å². The van der Waals surface area contributed by atoms with Crippen LogP contribution in [-0.4, -0.2) is 54.4 Å². The molecule has 1 amide bonds. The summed E-state index contributed by atoms with van der Waals surface area (Å²) in [7, 11) is 0. The number of H-pyrrole nitrogens is 1. The van der Waals surface area contributed by atoms with Gasteiger partial charge in [0.2, 0.25) is 0 Å².